The predicted molar refractivity (Wildman–Crippen MR) is 91.6 cm³/mol. The molecule has 0 N–H and O–H groups in total. The number of ether oxygens (including phenoxy) is 1. The smallest absolute Gasteiger partial charge is 0.108 e. The number of fused-ring (bicyclic) bond motifs is 3. The molecule has 4 rings (SSSR count). The maximum Gasteiger partial charge on any atom is 0.108 e. The number of imidazole rings is 1. The number of nitrogens with zero attached hydrogens (tertiary/aromatic N) is 3. The van der Waals surface area contributed by atoms with Gasteiger partial charge in [0.2, 0.25) is 0 Å². The van der Waals surface area contributed by atoms with Gasteiger partial charge in [-0.3, -0.25) is 4.98 Å². The third-order valence-corrected chi connectivity index (χ3v) is 4.88. The summed E-state index contributed by atoms with van der Waals surface area (Å²) >= 11 is 2.36. The molecule has 0 amide bonds. The summed E-state index contributed by atoms with van der Waals surface area (Å²) in [4.78, 5) is 9.27. The fourth-order valence-electron chi connectivity index (χ4n) is 3.26. The first-order valence-corrected chi connectivity index (χ1v) is 8.32. The summed E-state index contributed by atoms with van der Waals surface area (Å²) in [6.45, 7) is 3.77. The monoisotopic (exact) mass is 393 g/mol. The van der Waals surface area contributed by atoms with Crippen LogP contribution in [0.3, 0.4) is 0 Å². The van der Waals surface area contributed by atoms with Crippen LogP contribution in [0, 0.1) is 10.5 Å². The van der Waals surface area contributed by atoms with Gasteiger partial charge in [0.15, 0.2) is 0 Å². The van der Waals surface area contributed by atoms with Gasteiger partial charge in [-0.25, -0.2) is 4.98 Å². The van der Waals surface area contributed by atoms with E-state index < -0.39 is 0 Å². The molecular weight excluding hydrogens is 377 g/mol. The minimum atomic E-state index is 0.479. The van der Waals surface area contributed by atoms with Gasteiger partial charge in [0.05, 0.1) is 17.2 Å². The van der Waals surface area contributed by atoms with Gasteiger partial charge in [-0.15, -0.1) is 0 Å². The number of aryl methyl sites for hydroxylation is 1. The molecule has 4 nitrogen and oxygen atoms in total. The molecule has 1 aromatic carbocycles. The van der Waals surface area contributed by atoms with Crippen LogP contribution in [0.15, 0.2) is 24.4 Å². The number of halogens is 1. The van der Waals surface area contributed by atoms with Crippen LogP contribution in [0.4, 0.5) is 0 Å². The average molecular weight is 393 g/mol. The average Bonchev–Trinajstić information content (AvgIpc) is 2.84. The maximum absolute atomic E-state index is 5.51. The van der Waals surface area contributed by atoms with Crippen LogP contribution in [0.1, 0.15) is 24.7 Å². The van der Waals surface area contributed by atoms with E-state index in [-0.39, 0.29) is 0 Å². The van der Waals surface area contributed by atoms with Crippen molar-refractivity contribution in [3.63, 3.8) is 0 Å². The second-order valence-corrected chi connectivity index (χ2v) is 6.77. The van der Waals surface area contributed by atoms with Crippen molar-refractivity contribution in [2.45, 2.75) is 25.8 Å². The molecule has 108 valence electrons. The van der Waals surface area contributed by atoms with Gasteiger partial charge in [0, 0.05) is 28.2 Å². The fraction of sp³-hybridized carbons (Fsp3) is 0.375. The lowest BCUT2D eigenvalue weighted by Crippen LogP contribution is -2.20. The Morgan fingerprint density at radius 2 is 2.05 bits per heavy atom. The van der Waals surface area contributed by atoms with E-state index >= 15 is 0 Å². The highest BCUT2D eigenvalue weighted by atomic mass is 127. The highest BCUT2D eigenvalue weighted by Crippen LogP contribution is 2.32. The molecule has 3 aromatic rings. The molecule has 1 aliphatic rings. The van der Waals surface area contributed by atoms with Gasteiger partial charge in [-0.2, -0.15) is 0 Å². The molecule has 3 heterocycles. The standard InChI is InChI=1S/C16H16IN3O/c1-10-19-15-9-18-14-3-2-11(17)8-13(14)16(15)20(10)12-4-6-21-7-5-12/h2-3,8-9,12H,4-7H2,1H3. The van der Waals surface area contributed by atoms with Crippen molar-refractivity contribution in [1.29, 1.82) is 0 Å². The normalized spacial score (nSPS) is 16.9. The summed E-state index contributed by atoms with van der Waals surface area (Å²) in [5, 5.41) is 1.20. The van der Waals surface area contributed by atoms with Crippen molar-refractivity contribution in [2.75, 3.05) is 13.2 Å². The quantitative estimate of drug-likeness (QED) is 0.590. The second-order valence-electron chi connectivity index (χ2n) is 5.53. The van der Waals surface area contributed by atoms with E-state index in [9.17, 15) is 0 Å². The Morgan fingerprint density at radius 1 is 1.24 bits per heavy atom. The molecule has 0 aliphatic carbocycles. The molecule has 1 saturated heterocycles. The van der Waals surface area contributed by atoms with Crippen LogP contribution < -0.4 is 0 Å². The molecule has 0 unspecified atom stereocenters. The number of aromatic nitrogens is 3. The van der Waals surface area contributed by atoms with Crippen molar-refractivity contribution in [3.8, 4) is 0 Å². The van der Waals surface area contributed by atoms with Gasteiger partial charge in [-0.05, 0) is 60.6 Å². The molecule has 5 heteroatoms. The molecule has 1 fully saturated rings. The molecule has 0 atom stereocenters. The number of hydrogen-bond donors (Lipinski definition) is 0. The third kappa shape index (κ3) is 2.23. The van der Waals surface area contributed by atoms with Gasteiger partial charge in [-0.1, -0.05) is 0 Å². The molecule has 0 saturated carbocycles. The van der Waals surface area contributed by atoms with E-state index in [0.717, 1.165) is 42.9 Å². The number of benzene rings is 1. The summed E-state index contributed by atoms with van der Waals surface area (Å²) in [6.07, 6.45) is 4.01. The summed E-state index contributed by atoms with van der Waals surface area (Å²) in [5.74, 6) is 1.07. The molecule has 2 aromatic heterocycles. The van der Waals surface area contributed by atoms with Crippen molar-refractivity contribution in [2.24, 2.45) is 0 Å². The lowest BCUT2D eigenvalue weighted by atomic mass is 10.1. The van der Waals surface area contributed by atoms with Gasteiger partial charge in [0.1, 0.15) is 11.3 Å². The Morgan fingerprint density at radius 3 is 2.86 bits per heavy atom. The Labute approximate surface area is 136 Å². The van der Waals surface area contributed by atoms with Crippen LogP contribution in [-0.2, 0) is 4.74 Å². The zero-order valence-electron chi connectivity index (χ0n) is 11.8. The van der Waals surface area contributed by atoms with Crippen LogP contribution in [0.25, 0.3) is 21.9 Å². The van der Waals surface area contributed by atoms with Gasteiger partial charge >= 0.3 is 0 Å². The molecule has 21 heavy (non-hydrogen) atoms. The first-order chi connectivity index (χ1) is 10.2. The topological polar surface area (TPSA) is 39.9 Å². The fourth-order valence-corrected chi connectivity index (χ4v) is 3.75. The molecule has 0 spiro atoms. The van der Waals surface area contributed by atoms with Crippen LogP contribution in [0.5, 0.6) is 0 Å². The Balaban J connectivity index is 2.04. The van der Waals surface area contributed by atoms with Crippen molar-refractivity contribution in [1.82, 2.24) is 14.5 Å². The Hall–Kier alpha value is -1.21. The molecule has 0 radical (unpaired) electrons. The highest BCUT2D eigenvalue weighted by Gasteiger charge is 2.21. The van der Waals surface area contributed by atoms with Crippen molar-refractivity contribution >= 4 is 44.5 Å². The van der Waals surface area contributed by atoms with Crippen LogP contribution in [-0.4, -0.2) is 27.7 Å². The predicted octanol–water partition coefficient (Wildman–Crippen LogP) is 3.85. The first kappa shape index (κ1) is 13.5. The number of rotatable bonds is 1. The van der Waals surface area contributed by atoms with E-state index in [0.29, 0.717) is 6.04 Å². The van der Waals surface area contributed by atoms with Gasteiger partial charge < -0.3 is 9.30 Å². The lowest BCUT2D eigenvalue weighted by molar-refractivity contribution is 0.0701. The van der Waals surface area contributed by atoms with Gasteiger partial charge in [0.25, 0.3) is 0 Å². The SMILES string of the molecule is Cc1nc2cnc3ccc(I)cc3c2n1C1CCOCC1. The zero-order chi connectivity index (χ0) is 14.4. The largest absolute Gasteiger partial charge is 0.381 e. The van der Waals surface area contributed by atoms with E-state index in [4.69, 9.17) is 9.72 Å². The van der Waals surface area contributed by atoms with E-state index in [1.165, 1.54) is 14.5 Å². The molecule has 1 aliphatic heterocycles. The lowest BCUT2D eigenvalue weighted by Gasteiger charge is -2.25. The number of hydrogen-bond acceptors (Lipinski definition) is 3. The zero-order valence-corrected chi connectivity index (χ0v) is 14.0. The van der Waals surface area contributed by atoms with Crippen LogP contribution >= 0.6 is 22.6 Å². The Bertz CT molecular complexity index is 821. The van der Waals surface area contributed by atoms with E-state index in [2.05, 4.69) is 57.3 Å². The minimum Gasteiger partial charge on any atom is -0.381 e. The third-order valence-electron chi connectivity index (χ3n) is 4.21. The van der Waals surface area contributed by atoms with E-state index in [1.54, 1.807) is 0 Å². The molecule has 0 bridgehead atoms. The van der Waals surface area contributed by atoms with Crippen LogP contribution in [0.2, 0.25) is 0 Å². The first-order valence-electron chi connectivity index (χ1n) is 7.24. The van der Waals surface area contributed by atoms with Crippen molar-refractivity contribution < 1.29 is 4.74 Å². The van der Waals surface area contributed by atoms with Crippen molar-refractivity contribution in [3.05, 3.63) is 33.8 Å². The summed E-state index contributed by atoms with van der Waals surface area (Å²) in [6, 6.07) is 6.88. The second kappa shape index (κ2) is 5.21. The summed E-state index contributed by atoms with van der Waals surface area (Å²) < 4.78 is 9.14. The maximum atomic E-state index is 5.51. The number of pyridine rings is 1. The summed E-state index contributed by atoms with van der Waals surface area (Å²) in [7, 11) is 0. The Kier molecular flexibility index (Phi) is 3.34. The van der Waals surface area contributed by atoms with E-state index in [1.807, 2.05) is 6.20 Å². The minimum absolute atomic E-state index is 0.479. The molecular formula is C16H16IN3O. The highest BCUT2D eigenvalue weighted by molar-refractivity contribution is 14.1. The summed E-state index contributed by atoms with van der Waals surface area (Å²) in [5.41, 5.74) is 3.26.